The first-order valence-corrected chi connectivity index (χ1v) is 15.8. The predicted molar refractivity (Wildman–Crippen MR) is 172 cm³/mol. The van der Waals surface area contributed by atoms with Crippen molar-refractivity contribution in [3.8, 4) is 5.75 Å². The van der Waals surface area contributed by atoms with Crippen LogP contribution in [-0.4, -0.2) is 47.4 Å². The quantitative estimate of drug-likeness (QED) is 0.0962. The third-order valence-corrected chi connectivity index (χ3v) is 9.00. The Morgan fingerprint density at radius 3 is 2.10 bits per heavy atom. The van der Waals surface area contributed by atoms with E-state index >= 15 is 0 Å². The molecule has 262 valence electrons. The maximum Gasteiger partial charge on any atom is 0.340 e. The number of hydrogen-bond donors (Lipinski definition) is 0. The van der Waals surface area contributed by atoms with Crippen molar-refractivity contribution in [2.24, 2.45) is 5.41 Å². The molecule has 0 fully saturated rings. The molecule has 0 aliphatic carbocycles. The maximum absolute atomic E-state index is 14.0. The molecule has 1 aromatic heterocycles. The molecule has 0 radical (unpaired) electrons. The van der Waals surface area contributed by atoms with Crippen LogP contribution in [0.25, 0.3) is 21.8 Å². The number of hydrogen-bond acceptors (Lipinski definition) is 3. The average molecular weight is 702 g/mol. The molecule has 5 aromatic rings. The molecule has 0 atom stereocenters. The first-order chi connectivity index (χ1) is 23.5. The molecule has 2 heterocycles. The van der Waals surface area contributed by atoms with E-state index in [1.54, 1.807) is 42.5 Å². The molecule has 1 aliphatic heterocycles. The van der Waals surface area contributed by atoms with Crippen LogP contribution >= 0.6 is 0 Å². The Kier molecular flexibility index (Phi) is 9.03. The van der Waals surface area contributed by atoms with Crippen molar-refractivity contribution in [3.05, 3.63) is 112 Å². The fourth-order valence-corrected chi connectivity index (χ4v) is 6.60. The van der Waals surface area contributed by atoms with Crippen molar-refractivity contribution in [3.63, 3.8) is 0 Å². The number of para-hydroxylation sites is 1. The summed E-state index contributed by atoms with van der Waals surface area (Å²) < 4.78 is 113. The number of halogens is 8. The Hall–Kier alpha value is -4.74. The van der Waals surface area contributed by atoms with Gasteiger partial charge in [0.1, 0.15) is 5.75 Å². The standard InChI is InChI=1S/C38H31F8NO3/c1-36(2)18-24-15-23(33(49)25-8-4-3-7-21(25)13-14-37(43,44)34(39)40)17-28-27-16-22(11-12-29(27)47(19-36)31(24)28)32(48)26-9-5-6-10-30(26)50-20-38(45,46)35(41)42/h3-12,15-17,34-35H,13-14,18-20H2,1-2H3. The number of aryl methyl sites for hydroxylation is 1. The smallest absolute Gasteiger partial charge is 0.340 e. The van der Waals surface area contributed by atoms with Crippen molar-refractivity contribution in [2.45, 2.75) is 64.4 Å². The summed E-state index contributed by atoms with van der Waals surface area (Å²) in [5.41, 5.74) is 2.76. The van der Waals surface area contributed by atoms with Crippen LogP contribution in [0.15, 0.2) is 78.9 Å². The fraction of sp³-hybridized carbons (Fsp3) is 0.316. The Bertz CT molecular complexity index is 2120. The highest BCUT2D eigenvalue weighted by atomic mass is 19.3. The van der Waals surface area contributed by atoms with Gasteiger partial charge in [-0.05, 0) is 71.8 Å². The van der Waals surface area contributed by atoms with Crippen LogP contribution in [0.1, 0.15) is 63.2 Å². The van der Waals surface area contributed by atoms with Crippen LogP contribution in [0.5, 0.6) is 5.75 Å². The summed E-state index contributed by atoms with van der Waals surface area (Å²) in [5, 5.41) is 1.24. The van der Waals surface area contributed by atoms with Crippen LogP contribution in [0.4, 0.5) is 35.1 Å². The number of aromatic nitrogens is 1. The number of carbonyl (C=O) groups excluding carboxylic acids is 2. The second-order valence-electron chi connectivity index (χ2n) is 13.4. The summed E-state index contributed by atoms with van der Waals surface area (Å²) in [7, 11) is 0. The monoisotopic (exact) mass is 701 g/mol. The lowest BCUT2D eigenvalue weighted by atomic mass is 9.81. The summed E-state index contributed by atoms with van der Waals surface area (Å²) in [6.45, 7) is 3.10. The number of fused-ring (bicyclic) bond motifs is 3. The van der Waals surface area contributed by atoms with E-state index in [4.69, 9.17) is 4.74 Å². The number of ether oxygens (including phenoxy) is 1. The van der Waals surface area contributed by atoms with Gasteiger partial charge in [-0.2, -0.15) is 8.78 Å². The first kappa shape index (κ1) is 35.1. The fourth-order valence-electron chi connectivity index (χ4n) is 6.60. The lowest BCUT2D eigenvalue weighted by Crippen LogP contribution is -2.34. The zero-order chi connectivity index (χ0) is 36.2. The number of alkyl halides is 8. The summed E-state index contributed by atoms with van der Waals surface area (Å²) in [6, 6.07) is 19.8. The third-order valence-electron chi connectivity index (χ3n) is 9.00. The molecule has 0 amide bonds. The molecule has 12 heteroatoms. The van der Waals surface area contributed by atoms with Crippen molar-refractivity contribution in [1.29, 1.82) is 0 Å². The topological polar surface area (TPSA) is 48.3 Å². The van der Waals surface area contributed by atoms with Crippen LogP contribution in [0, 0.1) is 5.41 Å². The van der Waals surface area contributed by atoms with Crippen LogP contribution < -0.4 is 4.74 Å². The molecule has 0 spiro atoms. The van der Waals surface area contributed by atoms with Crippen molar-refractivity contribution in [2.75, 3.05) is 6.61 Å². The van der Waals surface area contributed by atoms with E-state index in [-0.39, 0.29) is 39.0 Å². The lowest BCUT2D eigenvalue weighted by molar-refractivity contribution is -0.148. The number of carbonyl (C=O) groups is 2. The summed E-state index contributed by atoms with van der Waals surface area (Å²) in [6.07, 6.45) is -8.79. The van der Waals surface area contributed by atoms with Crippen molar-refractivity contribution < 1.29 is 49.4 Å². The molecular formula is C38H31F8NO3. The maximum atomic E-state index is 14.0. The number of rotatable bonds is 12. The van der Waals surface area contributed by atoms with E-state index in [0.717, 1.165) is 16.6 Å². The average Bonchev–Trinajstić information content (AvgIpc) is 3.38. The molecule has 4 aromatic carbocycles. The molecule has 4 nitrogen and oxygen atoms in total. The van der Waals surface area contributed by atoms with Gasteiger partial charge in [0, 0.05) is 45.9 Å². The van der Waals surface area contributed by atoms with E-state index in [9.17, 15) is 44.7 Å². The summed E-state index contributed by atoms with van der Waals surface area (Å²) in [4.78, 5) is 27.8. The normalized spacial score (nSPS) is 14.6. The van der Waals surface area contributed by atoms with Crippen LogP contribution in [0.3, 0.4) is 0 Å². The SMILES string of the molecule is CC1(C)Cc2cc(C(=O)c3ccccc3CCC(F)(F)C(F)F)cc3c4cc(C(=O)c5ccccc5OCC(F)(F)C(F)F)ccc4n(c23)C1. The predicted octanol–water partition coefficient (Wildman–Crippen LogP) is 9.95. The van der Waals surface area contributed by atoms with Gasteiger partial charge >= 0.3 is 24.7 Å². The number of benzene rings is 4. The van der Waals surface area contributed by atoms with E-state index < -0.39 is 55.7 Å². The van der Waals surface area contributed by atoms with E-state index in [2.05, 4.69) is 18.4 Å². The summed E-state index contributed by atoms with van der Waals surface area (Å²) in [5.74, 6) is -10.0. The van der Waals surface area contributed by atoms with Gasteiger partial charge in [0.25, 0.3) is 0 Å². The molecule has 0 saturated carbocycles. The highest BCUT2D eigenvalue weighted by Gasteiger charge is 2.42. The highest BCUT2D eigenvalue weighted by Crippen LogP contribution is 2.42. The van der Waals surface area contributed by atoms with Gasteiger partial charge in [0.2, 0.25) is 0 Å². The van der Waals surface area contributed by atoms with Crippen molar-refractivity contribution >= 4 is 33.4 Å². The first-order valence-electron chi connectivity index (χ1n) is 15.8. The van der Waals surface area contributed by atoms with Gasteiger partial charge in [0.05, 0.1) is 11.1 Å². The van der Waals surface area contributed by atoms with Gasteiger partial charge < -0.3 is 9.30 Å². The molecule has 0 bridgehead atoms. The minimum atomic E-state index is -4.43. The second kappa shape index (κ2) is 12.9. The zero-order valence-corrected chi connectivity index (χ0v) is 26.9. The van der Waals surface area contributed by atoms with Gasteiger partial charge in [-0.1, -0.05) is 50.2 Å². The Labute approximate surface area is 281 Å². The summed E-state index contributed by atoms with van der Waals surface area (Å²) >= 11 is 0. The Morgan fingerprint density at radius 2 is 1.40 bits per heavy atom. The Balaban J connectivity index is 1.43. The van der Waals surface area contributed by atoms with E-state index in [1.165, 1.54) is 36.4 Å². The Morgan fingerprint density at radius 1 is 0.780 bits per heavy atom. The number of nitrogens with zero attached hydrogens (tertiary/aromatic N) is 1. The lowest BCUT2D eigenvalue weighted by Gasteiger charge is -2.32. The van der Waals surface area contributed by atoms with E-state index in [1.807, 2.05) is 0 Å². The molecule has 0 unspecified atom stereocenters. The molecule has 0 saturated heterocycles. The molecule has 50 heavy (non-hydrogen) atoms. The van der Waals surface area contributed by atoms with Gasteiger partial charge in [-0.3, -0.25) is 9.59 Å². The minimum absolute atomic E-state index is 0.104. The second-order valence-corrected chi connectivity index (χ2v) is 13.4. The minimum Gasteiger partial charge on any atom is -0.486 e. The van der Waals surface area contributed by atoms with E-state index in [0.29, 0.717) is 23.7 Å². The molecule has 0 N–H and O–H groups in total. The van der Waals surface area contributed by atoms with Crippen LogP contribution in [0.2, 0.25) is 0 Å². The van der Waals surface area contributed by atoms with Gasteiger partial charge in [-0.15, -0.1) is 0 Å². The third kappa shape index (κ3) is 6.59. The van der Waals surface area contributed by atoms with Crippen LogP contribution in [-0.2, 0) is 19.4 Å². The van der Waals surface area contributed by atoms with Gasteiger partial charge in [0.15, 0.2) is 18.2 Å². The largest absolute Gasteiger partial charge is 0.486 e. The van der Waals surface area contributed by atoms with Gasteiger partial charge in [-0.25, -0.2) is 26.3 Å². The molecule has 6 rings (SSSR count). The highest BCUT2D eigenvalue weighted by molar-refractivity contribution is 6.18. The van der Waals surface area contributed by atoms with Crippen molar-refractivity contribution in [1.82, 2.24) is 4.57 Å². The molecule has 1 aliphatic rings. The number of ketones is 2. The molecular weight excluding hydrogens is 670 g/mol. The zero-order valence-electron chi connectivity index (χ0n) is 26.9.